The molecule has 0 saturated carbocycles. The van der Waals surface area contributed by atoms with E-state index >= 15 is 0 Å². The number of thioether (sulfide) groups is 1. The lowest BCUT2D eigenvalue weighted by Crippen LogP contribution is -2.33. The van der Waals surface area contributed by atoms with Gasteiger partial charge in [0.25, 0.3) is 0 Å². The van der Waals surface area contributed by atoms with Crippen molar-refractivity contribution in [2.45, 2.75) is 18.6 Å². The van der Waals surface area contributed by atoms with Crippen LogP contribution in [-0.4, -0.2) is 43.2 Å². The molecule has 1 aliphatic rings. The molecule has 1 aliphatic heterocycles. The normalized spacial score (nSPS) is 18.9. The summed E-state index contributed by atoms with van der Waals surface area (Å²) < 4.78 is 0. The van der Waals surface area contributed by atoms with Crippen LogP contribution in [0.25, 0.3) is 0 Å². The van der Waals surface area contributed by atoms with Crippen LogP contribution in [0.5, 0.6) is 0 Å². The second-order valence-electron chi connectivity index (χ2n) is 5.54. The van der Waals surface area contributed by atoms with Crippen molar-refractivity contribution in [3.05, 3.63) is 34.9 Å². The molecule has 1 aromatic carbocycles. The Balaban J connectivity index is 1.54. The minimum Gasteiger partial charge on any atom is -0.356 e. The van der Waals surface area contributed by atoms with Crippen LogP contribution < -0.4 is 5.32 Å². The zero-order chi connectivity index (χ0) is 15.1. The number of benzene rings is 1. The van der Waals surface area contributed by atoms with E-state index in [1.54, 1.807) is 0 Å². The fourth-order valence-electron chi connectivity index (χ4n) is 2.48. The third kappa shape index (κ3) is 5.53. The highest BCUT2D eigenvalue weighted by Crippen LogP contribution is 2.21. The van der Waals surface area contributed by atoms with Crippen molar-refractivity contribution in [2.75, 3.05) is 32.4 Å². The Morgan fingerprint density at radius 2 is 2.29 bits per heavy atom. The van der Waals surface area contributed by atoms with Crippen LogP contribution in [0.2, 0.25) is 5.02 Å². The minimum atomic E-state index is 0.186. The number of hydrogen-bond donors (Lipinski definition) is 1. The Labute approximate surface area is 136 Å². The van der Waals surface area contributed by atoms with Crippen molar-refractivity contribution in [3.63, 3.8) is 0 Å². The fraction of sp³-hybridized carbons (Fsp3) is 0.562. The molecular weight excluding hydrogens is 304 g/mol. The first kappa shape index (κ1) is 16.7. The van der Waals surface area contributed by atoms with Gasteiger partial charge in [-0.05, 0) is 43.8 Å². The molecule has 1 heterocycles. The van der Waals surface area contributed by atoms with Gasteiger partial charge in [-0.3, -0.25) is 4.79 Å². The van der Waals surface area contributed by atoms with Gasteiger partial charge < -0.3 is 10.2 Å². The Morgan fingerprint density at radius 3 is 3.00 bits per heavy atom. The van der Waals surface area contributed by atoms with E-state index in [0.29, 0.717) is 0 Å². The molecule has 0 aromatic heterocycles. The number of nitrogens with zero attached hydrogens (tertiary/aromatic N) is 1. The zero-order valence-electron chi connectivity index (χ0n) is 12.5. The van der Waals surface area contributed by atoms with Gasteiger partial charge in [0.05, 0.1) is 5.92 Å². The van der Waals surface area contributed by atoms with E-state index in [2.05, 4.69) is 23.3 Å². The van der Waals surface area contributed by atoms with E-state index in [1.165, 1.54) is 5.56 Å². The van der Waals surface area contributed by atoms with Gasteiger partial charge in [0.2, 0.25) is 5.91 Å². The number of carbonyl (C=O) groups excluding carboxylic acids is 1. The highest BCUT2D eigenvalue weighted by molar-refractivity contribution is 7.98. The molecule has 2 rings (SSSR count). The van der Waals surface area contributed by atoms with E-state index in [1.807, 2.05) is 30.0 Å². The summed E-state index contributed by atoms with van der Waals surface area (Å²) in [6, 6.07) is 7.96. The van der Waals surface area contributed by atoms with Crippen molar-refractivity contribution in [3.8, 4) is 0 Å². The molecule has 3 nitrogen and oxygen atoms in total. The Morgan fingerprint density at radius 1 is 1.48 bits per heavy atom. The van der Waals surface area contributed by atoms with Crippen LogP contribution in [0.4, 0.5) is 0 Å². The number of amides is 1. The third-order valence-electron chi connectivity index (χ3n) is 3.74. The molecule has 0 radical (unpaired) electrons. The molecule has 0 bridgehead atoms. The monoisotopic (exact) mass is 326 g/mol. The highest BCUT2D eigenvalue weighted by atomic mass is 35.5. The largest absolute Gasteiger partial charge is 0.356 e. The zero-order valence-corrected chi connectivity index (χ0v) is 14.1. The van der Waals surface area contributed by atoms with Crippen molar-refractivity contribution in [2.24, 2.45) is 5.92 Å². The summed E-state index contributed by atoms with van der Waals surface area (Å²) in [6.45, 7) is 2.70. The van der Waals surface area contributed by atoms with Crippen LogP contribution >= 0.6 is 23.4 Å². The van der Waals surface area contributed by atoms with Crippen LogP contribution in [0.1, 0.15) is 18.4 Å². The van der Waals surface area contributed by atoms with Crippen LogP contribution in [0, 0.1) is 5.92 Å². The molecule has 1 amide bonds. The number of carbonyl (C=O) groups is 1. The summed E-state index contributed by atoms with van der Waals surface area (Å²) >= 11 is 7.98. The molecule has 1 atom stereocenters. The predicted molar refractivity (Wildman–Crippen MR) is 90.8 cm³/mol. The standard InChI is InChI=1S/C16H23ClN2OS/c1-19-9-7-13(11-19)16(20)18-8-4-10-21-12-14-5-2-3-6-15(14)17/h2-3,5-6,13H,4,7-12H2,1H3,(H,18,20). The maximum atomic E-state index is 11.9. The van der Waals surface area contributed by atoms with Crippen LogP contribution in [0.15, 0.2) is 24.3 Å². The summed E-state index contributed by atoms with van der Waals surface area (Å²) in [5, 5.41) is 3.89. The second-order valence-corrected chi connectivity index (χ2v) is 7.05. The molecule has 1 unspecified atom stereocenters. The predicted octanol–water partition coefficient (Wildman–Crippen LogP) is 3.03. The van der Waals surface area contributed by atoms with Gasteiger partial charge in [-0.15, -0.1) is 0 Å². The average Bonchev–Trinajstić information content (AvgIpc) is 2.91. The van der Waals surface area contributed by atoms with Crippen LogP contribution in [-0.2, 0) is 10.5 Å². The van der Waals surface area contributed by atoms with E-state index in [0.717, 1.165) is 49.0 Å². The van der Waals surface area contributed by atoms with Crippen LogP contribution in [0.3, 0.4) is 0 Å². The smallest absolute Gasteiger partial charge is 0.224 e. The van der Waals surface area contributed by atoms with Crippen molar-refractivity contribution >= 4 is 29.3 Å². The summed E-state index contributed by atoms with van der Waals surface area (Å²) in [6.07, 6.45) is 1.99. The summed E-state index contributed by atoms with van der Waals surface area (Å²) in [7, 11) is 2.07. The van der Waals surface area contributed by atoms with Gasteiger partial charge in [-0.2, -0.15) is 11.8 Å². The maximum Gasteiger partial charge on any atom is 0.224 e. The van der Waals surface area contributed by atoms with E-state index < -0.39 is 0 Å². The molecule has 1 fully saturated rings. The Bertz CT molecular complexity index is 469. The molecule has 5 heteroatoms. The minimum absolute atomic E-state index is 0.186. The lowest BCUT2D eigenvalue weighted by Gasteiger charge is -2.11. The van der Waals surface area contributed by atoms with Crippen molar-refractivity contribution < 1.29 is 4.79 Å². The maximum absolute atomic E-state index is 11.9. The van der Waals surface area contributed by atoms with Crippen molar-refractivity contribution in [1.82, 2.24) is 10.2 Å². The number of halogens is 1. The number of likely N-dealkylation sites (tertiary alicyclic amines) is 1. The van der Waals surface area contributed by atoms with Gasteiger partial charge in [0.1, 0.15) is 0 Å². The first-order valence-corrected chi connectivity index (χ1v) is 8.97. The molecule has 1 saturated heterocycles. The average molecular weight is 327 g/mol. The number of rotatable bonds is 7. The topological polar surface area (TPSA) is 32.3 Å². The lowest BCUT2D eigenvalue weighted by molar-refractivity contribution is -0.124. The molecule has 1 N–H and O–H groups in total. The van der Waals surface area contributed by atoms with E-state index in [4.69, 9.17) is 11.6 Å². The van der Waals surface area contributed by atoms with E-state index in [-0.39, 0.29) is 11.8 Å². The molecule has 116 valence electrons. The molecule has 21 heavy (non-hydrogen) atoms. The summed E-state index contributed by atoms with van der Waals surface area (Å²) in [5.74, 6) is 2.37. The molecular formula is C16H23ClN2OS. The van der Waals surface area contributed by atoms with Gasteiger partial charge >= 0.3 is 0 Å². The number of hydrogen-bond acceptors (Lipinski definition) is 3. The fourth-order valence-corrected chi connectivity index (χ4v) is 3.72. The van der Waals surface area contributed by atoms with Crippen molar-refractivity contribution in [1.29, 1.82) is 0 Å². The van der Waals surface area contributed by atoms with Gasteiger partial charge in [0.15, 0.2) is 0 Å². The molecule has 0 aliphatic carbocycles. The molecule has 1 aromatic rings. The summed E-state index contributed by atoms with van der Waals surface area (Å²) in [5.41, 5.74) is 1.18. The van der Waals surface area contributed by atoms with Gasteiger partial charge in [0, 0.05) is 23.9 Å². The Hall–Kier alpha value is -0.710. The summed E-state index contributed by atoms with van der Waals surface area (Å²) in [4.78, 5) is 14.1. The van der Waals surface area contributed by atoms with Gasteiger partial charge in [-0.1, -0.05) is 29.8 Å². The third-order valence-corrected chi connectivity index (χ3v) is 5.20. The lowest BCUT2D eigenvalue weighted by atomic mass is 10.1. The molecule has 0 spiro atoms. The highest BCUT2D eigenvalue weighted by Gasteiger charge is 2.25. The van der Waals surface area contributed by atoms with Gasteiger partial charge in [-0.25, -0.2) is 0 Å². The SMILES string of the molecule is CN1CCC(C(=O)NCCCSCc2ccccc2Cl)C1. The first-order chi connectivity index (χ1) is 10.2. The number of nitrogens with one attached hydrogen (secondary N) is 1. The van der Waals surface area contributed by atoms with E-state index in [9.17, 15) is 4.79 Å². The second kappa shape index (κ2) is 8.66. The Kier molecular flexibility index (Phi) is 6.87. The quantitative estimate of drug-likeness (QED) is 0.782. The first-order valence-electron chi connectivity index (χ1n) is 7.44.